The molecule has 0 N–H and O–H groups in total. The summed E-state index contributed by atoms with van der Waals surface area (Å²) >= 11 is 0. The molecular weight excluding hydrogens is 605 g/mol. The van der Waals surface area contributed by atoms with Crippen molar-refractivity contribution >= 4 is 43.5 Å². The quantitative estimate of drug-likeness (QED) is 0.223. The minimum atomic E-state index is -3.22. The molecule has 3 aliphatic heterocycles. The van der Waals surface area contributed by atoms with Crippen molar-refractivity contribution in [3.63, 3.8) is 0 Å². The van der Waals surface area contributed by atoms with E-state index in [4.69, 9.17) is 28.2 Å². The number of nitrogens with zero attached hydrogens (tertiary/aromatic N) is 3. The molecule has 46 heavy (non-hydrogen) atoms. The molecule has 0 saturated carbocycles. The highest BCUT2D eigenvalue weighted by Gasteiger charge is 2.41. The van der Waals surface area contributed by atoms with Gasteiger partial charge < -0.3 is 28.2 Å². The summed E-state index contributed by atoms with van der Waals surface area (Å²) in [6.45, 7) is 12.5. The van der Waals surface area contributed by atoms with Crippen LogP contribution in [-0.2, 0) is 42.6 Å². The first-order valence-corrected chi connectivity index (χ1v) is 16.4. The summed E-state index contributed by atoms with van der Waals surface area (Å²) < 4.78 is 32.3. The zero-order valence-corrected chi connectivity index (χ0v) is 27.9. The maximum absolute atomic E-state index is 13.4. The fourth-order valence-corrected chi connectivity index (χ4v) is 5.38. The number of carbonyl (C=O) groups excluding carboxylic acids is 6. The first-order chi connectivity index (χ1) is 21.8. The van der Waals surface area contributed by atoms with Gasteiger partial charge in [-0.1, -0.05) is 41.5 Å². The third kappa shape index (κ3) is 10.4. The maximum Gasteiger partial charge on any atom is 0.541 e. The van der Waals surface area contributed by atoms with Crippen LogP contribution in [0.15, 0.2) is 0 Å². The van der Waals surface area contributed by atoms with Crippen molar-refractivity contribution in [1.82, 2.24) is 14.7 Å². The minimum absolute atomic E-state index is 0.0835. The van der Waals surface area contributed by atoms with E-state index < -0.39 is 61.6 Å². The number of hydrogen-bond donors (Lipinski definition) is 0. The number of likely N-dealkylation sites (tertiary alicyclic amines) is 3. The van der Waals surface area contributed by atoms with E-state index in [2.05, 4.69) is 0 Å². The SMILES string of the molecule is CC(C)COC(=O)N1CCC[C@H]1C(=O)O[BH-](OC(=O)[C@@H]1CCCN1C(=O)OCC(C)C)OC(=O)[C@@H]1CCCN1C(=O)OCC(C)C. The summed E-state index contributed by atoms with van der Waals surface area (Å²) in [7, 11) is -3.22. The van der Waals surface area contributed by atoms with E-state index in [0.29, 0.717) is 19.3 Å². The monoisotopic (exact) mass is 654 g/mol. The number of ether oxygens (including phenoxy) is 3. The van der Waals surface area contributed by atoms with Crippen LogP contribution in [0.25, 0.3) is 0 Å². The van der Waals surface area contributed by atoms with Gasteiger partial charge in [-0.2, -0.15) is 0 Å². The Morgan fingerprint density at radius 3 is 1.02 bits per heavy atom. The molecule has 0 radical (unpaired) electrons. The topological polar surface area (TPSA) is 168 Å². The van der Waals surface area contributed by atoms with Gasteiger partial charge in [-0.25, -0.2) is 14.4 Å². The van der Waals surface area contributed by atoms with Crippen molar-refractivity contribution < 1.29 is 56.9 Å². The fourth-order valence-electron chi connectivity index (χ4n) is 5.38. The Bertz CT molecular complexity index is 970. The average Bonchev–Trinajstić information content (AvgIpc) is 3.78. The molecular formula is C30H49BN3O12-. The second kappa shape index (κ2) is 17.3. The highest BCUT2D eigenvalue weighted by atomic mass is 16.8. The van der Waals surface area contributed by atoms with Crippen molar-refractivity contribution in [2.75, 3.05) is 39.5 Å². The van der Waals surface area contributed by atoms with Gasteiger partial charge in [0.15, 0.2) is 0 Å². The van der Waals surface area contributed by atoms with E-state index in [9.17, 15) is 28.8 Å². The average molecular weight is 655 g/mol. The Morgan fingerprint density at radius 2 is 0.783 bits per heavy atom. The lowest BCUT2D eigenvalue weighted by atomic mass is 10.1. The standard InChI is InChI=1S/C30H49BN3O12/c1-19(2)16-41-28(38)32-13-7-10-22(32)25(35)44-31(45-26(36)23-11-8-14-33(23)29(39)42-17-20(3)4)46-27(37)24-12-9-15-34(24)30(40)43-18-21(5)6/h19-24,31H,7-18H2,1-6H3/q-1/t22-,23-,24-/m0/s1. The van der Waals surface area contributed by atoms with E-state index in [1.165, 1.54) is 14.7 Å². The van der Waals surface area contributed by atoms with Crippen LogP contribution in [0.4, 0.5) is 14.4 Å². The zero-order chi connectivity index (χ0) is 34.0. The highest BCUT2D eigenvalue weighted by molar-refractivity contribution is 6.44. The fraction of sp³-hybridized carbons (Fsp3) is 0.800. The van der Waals surface area contributed by atoms with E-state index in [1.54, 1.807) is 0 Å². The molecule has 16 heteroatoms. The Balaban J connectivity index is 1.75. The molecule has 0 aromatic carbocycles. The molecule has 3 amide bonds. The van der Waals surface area contributed by atoms with Gasteiger partial charge in [0, 0.05) is 19.6 Å². The van der Waals surface area contributed by atoms with Crippen LogP contribution in [0.5, 0.6) is 0 Å². The largest absolute Gasteiger partial charge is 0.624 e. The summed E-state index contributed by atoms with van der Waals surface area (Å²) in [4.78, 5) is 81.8. The molecule has 3 heterocycles. The first kappa shape index (κ1) is 36.7. The Labute approximate surface area is 270 Å². The van der Waals surface area contributed by atoms with Gasteiger partial charge in [0.1, 0.15) is 18.1 Å². The Kier molecular flexibility index (Phi) is 13.8. The Morgan fingerprint density at radius 1 is 0.522 bits per heavy atom. The van der Waals surface area contributed by atoms with Crippen molar-refractivity contribution in [3.05, 3.63) is 0 Å². The number of carbonyl (C=O) groups is 6. The molecule has 0 unspecified atom stereocenters. The summed E-state index contributed by atoms with van der Waals surface area (Å²) in [5, 5.41) is 0. The third-order valence-electron chi connectivity index (χ3n) is 7.68. The van der Waals surface area contributed by atoms with Crippen LogP contribution in [0.2, 0.25) is 0 Å². The van der Waals surface area contributed by atoms with Gasteiger partial charge in [-0.15, -0.1) is 0 Å². The van der Waals surface area contributed by atoms with Crippen LogP contribution in [0.1, 0.15) is 80.1 Å². The summed E-state index contributed by atoms with van der Waals surface area (Å²) in [6, 6.07) is -3.14. The number of rotatable bonds is 12. The smallest absolute Gasteiger partial charge is 0.541 e. The number of hydrogen-bond acceptors (Lipinski definition) is 12. The zero-order valence-electron chi connectivity index (χ0n) is 27.9. The van der Waals surface area contributed by atoms with Gasteiger partial charge in [0.2, 0.25) is 0 Å². The lowest BCUT2D eigenvalue weighted by Crippen LogP contribution is -2.50. The van der Waals surface area contributed by atoms with Gasteiger partial charge in [0.05, 0.1) is 19.8 Å². The van der Waals surface area contributed by atoms with Crippen LogP contribution in [-0.4, -0.2) is 116 Å². The van der Waals surface area contributed by atoms with Gasteiger partial charge in [0.25, 0.3) is 17.9 Å². The van der Waals surface area contributed by atoms with E-state index in [1.807, 2.05) is 41.5 Å². The predicted molar refractivity (Wildman–Crippen MR) is 163 cm³/mol. The van der Waals surface area contributed by atoms with Crippen molar-refractivity contribution in [2.24, 2.45) is 17.8 Å². The van der Waals surface area contributed by atoms with E-state index in [0.717, 1.165) is 0 Å². The third-order valence-corrected chi connectivity index (χ3v) is 7.68. The van der Waals surface area contributed by atoms with Gasteiger partial charge in [-0.05, 0) is 56.3 Å². The molecule has 3 atom stereocenters. The second-order valence-electron chi connectivity index (χ2n) is 13.2. The molecule has 260 valence electrons. The molecule has 0 aliphatic carbocycles. The van der Waals surface area contributed by atoms with Crippen LogP contribution in [0.3, 0.4) is 0 Å². The molecule has 3 fully saturated rings. The first-order valence-electron chi connectivity index (χ1n) is 16.4. The predicted octanol–water partition coefficient (Wildman–Crippen LogP) is 3.10. The lowest BCUT2D eigenvalue weighted by Gasteiger charge is -2.34. The van der Waals surface area contributed by atoms with Gasteiger partial charge >= 0.3 is 25.6 Å². The molecule has 0 aromatic heterocycles. The van der Waals surface area contributed by atoms with E-state index in [-0.39, 0.29) is 76.5 Å². The minimum Gasteiger partial charge on any atom is -0.624 e. The molecule has 0 aromatic rings. The van der Waals surface area contributed by atoms with Crippen molar-refractivity contribution in [3.8, 4) is 0 Å². The molecule has 3 rings (SSSR count). The van der Waals surface area contributed by atoms with E-state index >= 15 is 0 Å². The Hall–Kier alpha value is -3.72. The molecule has 0 bridgehead atoms. The normalized spacial score (nSPS) is 21.3. The highest BCUT2D eigenvalue weighted by Crippen LogP contribution is 2.24. The summed E-state index contributed by atoms with van der Waals surface area (Å²) in [5.74, 6) is -2.54. The van der Waals surface area contributed by atoms with Crippen LogP contribution >= 0.6 is 0 Å². The maximum atomic E-state index is 13.4. The van der Waals surface area contributed by atoms with Crippen molar-refractivity contribution in [1.29, 1.82) is 0 Å². The van der Waals surface area contributed by atoms with Gasteiger partial charge in [-0.3, -0.25) is 29.1 Å². The molecule has 15 nitrogen and oxygen atoms in total. The molecule has 3 saturated heterocycles. The van der Waals surface area contributed by atoms with Crippen LogP contribution < -0.4 is 0 Å². The number of amides is 3. The van der Waals surface area contributed by atoms with Crippen molar-refractivity contribution in [2.45, 2.75) is 98.2 Å². The second-order valence-corrected chi connectivity index (χ2v) is 13.2. The molecule has 0 spiro atoms. The van der Waals surface area contributed by atoms with Crippen LogP contribution in [0, 0.1) is 17.8 Å². The summed E-state index contributed by atoms with van der Waals surface area (Å²) in [5.41, 5.74) is 0. The summed E-state index contributed by atoms with van der Waals surface area (Å²) in [6.07, 6.45) is 0.244. The molecule has 3 aliphatic rings. The lowest BCUT2D eigenvalue weighted by molar-refractivity contribution is -0.153.